The third-order valence-corrected chi connectivity index (χ3v) is 7.64. The van der Waals surface area contributed by atoms with Gasteiger partial charge in [0.25, 0.3) is 0 Å². The Morgan fingerprint density at radius 1 is 0.500 bits per heavy atom. The summed E-state index contributed by atoms with van der Waals surface area (Å²) in [4.78, 5) is 24.7. The Bertz CT molecular complexity index is 912. The smallest absolute Gasteiger partial charge is 0.228 e. The zero-order chi connectivity index (χ0) is 28.5. The van der Waals surface area contributed by atoms with Gasteiger partial charge in [0, 0.05) is 17.8 Å². The average Bonchev–Trinajstić information content (AvgIpc) is 2.95. The lowest BCUT2D eigenvalue weighted by molar-refractivity contribution is -0.116. The highest BCUT2D eigenvalue weighted by Gasteiger charge is 2.06. The van der Waals surface area contributed by atoms with Crippen LogP contribution in [0.3, 0.4) is 0 Å². The first kappa shape index (κ1) is 33.6. The number of nitrogens with one attached hydrogen (secondary N) is 2. The summed E-state index contributed by atoms with van der Waals surface area (Å²) in [5, 5.41) is 5.89. The maximum absolute atomic E-state index is 12.4. The number of carbonyl (C=O) groups excluding carboxylic acids is 2. The molecule has 0 radical (unpaired) electrons. The van der Waals surface area contributed by atoms with Crippen molar-refractivity contribution in [2.24, 2.45) is 0 Å². The van der Waals surface area contributed by atoms with Crippen LogP contribution in [0.25, 0.3) is 0 Å². The molecule has 4 nitrogen and oxygen atoms in total. The van der Waals surface area contributed by atoms with Crippen molar-refractivity contribution in [2.75, 3.05) is 10.6 Å². The summed E-state index contributed by atoms with van der Waals surface area (Å²) in [5.41, 5.74) is 2.39. The molecular weight excluding hydrogens is 492 g/mol. The molecule has 0 spiro atoms. The van der Waals surface area contributed by atoms with E-state index < -0.39 is 0 Å². The summed E-state index contributed by atoms with van der Waals surface area (Å²) >= 11 is 0. The Kier molecular flexibility index (Phi) is 19.4. The zero-order valence-corrected chi connectivity index (χ0v) is 25.4. The van der Waals surface area contributed by atoms with Gasteiger partial charge >= 0.3 is 0 Å². The number of hydrogen-bond acceptors (Lipinski definition) is 2. The van der Waals surface area contributed by atoms with E-state index in [0.29, 0.717) is 18.5 Å². The molecule has 2 N–H and O–H groups in total. The average molecular weight is 549 g/mol. The third-order valence-electron chi connectivity index (χ3n) is 7.64. The maximum atomic E-state index is 12.4. The van der Waals surface area contributed by atoms with Gasteiger partial charge in [0.15, 0.2) is 0 Å². The van der Waals surface area contributed by atoms with E-state index in [1.807, 2.05) is 54.6 Å². The Morgan fingerprint density at radius 3 is 1.40 bits per heavy atom. The van der Waals surface area contributed by atoms with Crippen molar-refractivity contribution in [3.8, 4) is 0 Å². The first-order valence-corrected chi connectivity index (χ1v) is 16.4. The van der Waals surface area contributed by atoms with Crippen LogP contribution in [-0.4, -0.2) is 11.8 Å². The van der Waals surface area contributed by atoms with Gasteiger partial charge in [-0.2, -0.15) is 0 Å². The molecule has 0 unspecified atom stereocenters. The van der Waals surface area contributed by atoms with Crippen molar-refractivity contribution in [1.82, 2.24) is 0 Å². The Morgan fingerprint density at radius 2 is 0.925 bits per heavy atom. The van der Waals surface area contributed by atoms with E-state index in [1.165, 1.54) is 109 Å². The SMILES string of the molecule is CCCCCCCCCCCCCCCCCCCCCC(=O)Nc1cccc(NC(=O)Cc2ccccc2)c1. The van der Waals surface area contributed by atoms with E-state index in [0.717, 1.165) is 24.1 Å². The van der Waals surface area contributed by atoms with Crippen LogP contribution < -0.4 is 10.6 Å². The van der Waals surface area contributed by atoms with Gasteiger partial charge in [-0.3, -0.25) is 9.59 Å². The predicted octanol–water partition coefficient (Wildman–Crippen LogP) is 10.6. The molecule has 0 aliphatic carbocycles. The molecule has 0 aliphatic rings. The second-order valence-corrected chi connectivity index (χ2v) is 11.5. The second-order valence-electron chi connectivity index (χ2n) is 11.5. The molecule has 222 valence electrons. The van der Waals surface area contributed by atoms with Gasteiger partial charge in [0.2, 0.25) is 11.8 Å². The van der Waals surface area contributed by atoms with E-state index in [9.17, 15) is 9.59 Å². The molecule has 40 heavy (non-hydrogen) atoms. The molecule has 0 heterocycles. The minimum Gasteiger partial charge on any atom is -0.326 e. The van der Waals surface area contributed by atoms with Gasteiger partial charge in [-0.25, -0.2) is 0 Å². The lowest BCUT2D eigenvalue weighted by Crippen LogP contribution is -2.15. The Balaban J connectivity index is 1.39. The van der Waals surface area contributed by atoms with Crippen molar-refractivity contribution in [3.63, 3.8) is 0 Å². The first-order chi connectivity index (χ1) is 19.7. The molecule has 0 fully saturated rings. The Hall–Kier alpha value is -2.62. The number of carbonyl (C=O) groups is 2. The number of anilines is 2. The molecule has 2 aromatic carbocycles. The highest BCUT2D eigenvalue weighted by molar-refractivity contribution is 5.94. The van der Waals surface area contributed by atoms with E-state index in [-0.39, 0.29) is 11.8 Å². The maximum Gasteiger partial charge on any atom is 0.228 e. The quantitative estimate of drug-likeness (QED) is 0.128. The van der Waals surface area contributed by atoms with Gasteiger partial charge in [-0.1, -0.05) is 159 Å². The molecule has 0 saturated heterocycles. The molecule has 0 atom stereocenters. The van der Waals surface area contributed by atoms with E-state index >= 15 is 0 Å². The minimum atomic E-state index is -0.0660. The van der Waals surface area contributed by atoms with Crippen LogP contribution in [0.15, 0.2) is 54.6 Å². The highest BCUT2D eigenvalue weighted by Crippen LogP contribution is 2.17. The van der Waals surface area contributed by atoms with Gasteiger partial charge in [-0.05, 0) is 30.2 Å². The summed E-state index contributed by atoms with van der Waals surface area (Å²) in [6.07, 6.45) is 26.5. The number of hydrogen-bond donors (Lipinski definition) is 2. The first-order valence-electron chi connectivity index (χ1n) is 16.4. The molecule has 4 heteroatoms. The van der Waals surface area contributed by atoms with Gasteiger partial charge in [0.1, 0.15) is 0 Å². The van der Waals surface area contributed by atoms with Crippen molar-refractivity contribution in [2.45, 2.75) is 142 Å². The fraction of sp³-hybridized carbons (Fsp3) is 0.611. The monoisotopic (exact) mass is 548 g/mol. The van der Waals surface area contributed by atoms with Gasteiger partial charge < -0.3 is 10.6 Å². The molecule has 2 rings (SSSR count). The minimum absolute atomic E-state index is 0.0414. The van der Waals surface area contributed by atoms with Crippen molar-refractivity contribution < 1.29 is 9.59 Å². The fourth-order valence-corrected chi connectivity index (χ4v) is 5.25. The molecule has 2 amide bonds. The summed E-state index contributed by atoms with van der Waals surface area (Å²) in [5.74, 6) is -0.0245. The number of benzene rings is 2. The van der Waals surface area contributed by atoms with Crippen LogP contribution >= 0.6 is 0 Å². The lowest BCUT2D eigenvalue weighted by Gasteiger charge is -2.09. The van der Waals surface area contributed by atoms with Gasteiger partial charge in [-0.15, -0.1) is 0 Å². The fourth-order valence-electron chi connectivity index (χ4n) is 5.25. The summed E-state index contributed by atoms with van der Waals surface area (Å²) in [6.45, 7) is 2.29. The molecule has 2 aromatic rings. The van der Waals surface area contributed by atoms with Crippen LogP contribution in [0.4, 0.5) is 11.4 Å². The van der Waals surface area contributed by atoms with E-state index in [2.05, 4.69) is 17.6 Å². The topological polar surface area (TPSA) is 58.2 Å². The molecular formula is C36H56N2O2. The number of unbranched alkanes of at least 4 members (excludes halogenated alkanes) is 18. The zero-order valence-electron chi connectivity index (χ0n) is 25.4. The summed E-state index contributed by atoms with van der Waals surface area (Å²) < 4.78 is 0. The molecule has 0 aromatic heterocycles. The predicted molar refractivity (Wildman–Crippen MR) is 172 cm³/mol. The van der Waals surface area contributed by atoms with E-state index in [4.69, 9.17) is 0 Å². The molecule has 0 bridgehead atoms. The van der Waals surface area contributed by atoms with Crippen molar-refractivity contribution in [3.05, 3.63) is 60.2 Å². The van der Waals surface area contributed by atoms with Crippen LogP contribution in [0.5, 0.6) is 0 Å². The van der Waals surface area contributed by atoms with Crippen LogP contribution in [0, 0.1) is 0 Å². The van der Waals surface area contributed by atoms with Gasteiger partial charge in [0.05, 0.1) is 6.42 Å². The van der Waals surface area contributed by atoms with Crippen LogP contribution in [0.2, 0.25) is 0 Å². The van der Waals surface area contributed by atoms with E-state index in [1.54, 1.807) is 0 Å². The van der Waals surface area contributed by atoms with Crippen molar-refractivity contribution >= 4 is 23.2 Å². The molecule has 0 aliphatic heterocycles. The lowest BCUT2D eigenvalue weighted by atomic mass is 10.0. The Labute approximate surface area is 245 Å². The van der Waals surface area contributed by atoms with Crippen LogP contribution in [0.1, 0.15) is 141 Å². The molecule has 0 saturated carbocycles. The summed E-state index contributed by atoms with van der Waals surface area (Å²) in [6, 6.07) is 17.1. The normalized spacial score (nSPS) is 10.9. The largest absolute Gasteiger partial charge is 0.326 e. The number of rotatable bonds is 24. The van der Waals surface area contributed by atoms with Crippen molar-refractivity contribution in [1.29, 1.82) is 0 Å². The number of amides is 2. The highest BCUT2D eigenvalue weighted by atomic mass is 16.2. The standard InChI is InChI=1S/C36H56N2O2/c1-2-3-4-5-6-7-8-9-10-11-12-13-14-15-16-17-18-19-23-29-35(39)37-33-27-24-28-34(31-33)38-36(40)30-32-25-21-20-22-26-32/h20-22,24-28,31H,2-19,23,29-30H2,1H3,(H,37,39)(H,38,40). The summed E-state index contributed by atoms with van der Waals surface area (Å²) in [7, 11) is 0. The third kappa shape index (κ3) is 17.9. The van der Waals surface area contributed by atoms with Crippen LogP contribution in [-0.2, 0) is 16.0 Å². The second kappa shape index (κ2) is 23.1.